The summed E-state index contributed by atoms with van der Waals surface area (Å²) in [6.07, 6.45) is 0. The SMILES string of the molecule is COc1ccc(C(=O)N2CCN(C)C(=O)[C@@H]2C)c(OCCN)c1. The molecule has 2 rings (SSSR count). The Balaban J connectivity index is 2.29. The minimum Gasteiger partial charge on any atom is -0.497 e. The summed E-state index contributed by atoms with van der Waals surface area (Å²) in [7, 11) is 3.29. The molecule has 2 amide bonds. The summed E-state index contributed by atoms with van der Waals surface area (Å²) < 4.78 is 10.7. The number of methoxy groups -OCH3 is 1. The van der Waals surface area contributed by atoms with E-state index in [4.69, 9.17) is 15.2 Å². The van der Waals surface area contributed by atoms with Gasteiger partial charge in [0.1, 0.15) is 24.1 Å². The molecule has 1 heterocycles. The van der Waals surface area contributed by atoms with Gasteiger partial charge < -0.3 is 25.0 Å². The van der Waals surface area contributed by atoms with E-state index in [1.807, 2.05) is 0 Å². The zero-order chi connectivity index (χ0) is 17.0. The first-order chi connectivity index (χ1) is 11.0. The average molecular weight is 321 g/mol. The van der Waals surface area contributed by atoms with Gasteiger partial charge in [-0.1, -0.05) is 0 Å². The van der Waals surface area contributed by atoms with Crippen molar-refractivity contribution in [1.29, 1.82) is 0 Å². The molecule has 0 spiro atoms. The van der Waals surface area contributed by atoms with Gasteiger partial charge in [-0.15, -0.1) is 0 Å². The van der Waals surface area contributed by atoms with Gasteiger partial charge in [0.2, 0.25) is 5.91 Å². The van der Waals surface area contributed by atoms with E-state index in [2.05, 4.69) is 0 Å². The first-order valence-corrected chi connectivity index (χ1v) is 7.56. The predicted molar refractivity (Wildman–Crippen MR) is 85.7 cm³/mol. The molecule has 0 aromatic heterocycles. The normalized spacial score (nSPS) is 18.1. The van der Waals surface area contributed by atoms with Crippen molar-refractivity contribution in [2.45, 2.75) is 13.0 Å². The van der Waals surface area contributed by atoms with Gasteiger partial charge in [0.25, 0.3) is 5.91 Å². The highest BCUT2D eigenvalue weighted by atomic mass is 16.5. The molecule has 2 N–H and O–H groups in total. The van der Waals surface area contributed by atoms with Crippen LogP contribution in [0.5, 0.6) is 11.5 Å². The van der Waals surface area contributed by atoms with E-state index in [0.29, 0.717) is 43.3 Å². The van der Waals surface area contributed by atoms with Crippen molar-refractivity contribution >= 4 is 11.8 Å². The molecule has 1 aromatic rings. The lowest BCUT2D eigenvalue weighted by atomic mass is 10.1. The van der Waals surface area contributed by atoms with Gasteiger partial charge in [0.05, 0.1) is 12.7 Å². The number of rotatable bonds is 5. The largest absolute Gasteiger partial charge is 0.497 e. The summed E-state index contributed by atoms with van der Waals surface area (Å²) in [5.74, 6) is 0.714. The van der Waals surface area contributed by atoms with Crippen molar-refractivity contribution in [3.63, 3.8) is 0 Å². The molecule has 0 unspecified atom stereocenters. The van der Waals surface area contributed by atoms with Crippen LogP contribution in [0.25, 0.3) is 0 Å². The summed E-state index contributed by atoms with van der Waals surface area (Å²) in [6.45, 7) is 3.38. The Hall–Kier alpha value is -2.28. The average Bonchev–Trinajstić information content (AvgIpc) is 2.57. The molecule has 1 fully saturated rings. The van der Waals surface area contributed by atoms with Crippen LogP contribution in [0.3, 0.4) is 0 Å². The van der Waals surface area contributed by atoms with E-state index >= 15 is 0 Å². The third-order valence-corrected chi connectivity index (χ3v) is 3.93. The lowest BCUT2D eigenvalue weighted by Gasteiger charge is -2.37. The summed E-state index contributed by atoms with van der Waals surface area (Å²) in [5, 5.41) is 0. The van der Waals surface area contributed by atoms with Gasteiger partial charge >= 0.3 is 0 Å². The molecule has 1 atom stereocenters. The molecule has 0 saturated carbocycles. The lowest BCUT2D eigenvalue weighted by Crippen LogP contribution is -2.56. The molecule has 7 heteroatoms. The van der Waals surface area contributed by atoms with Gasteiger partial charge in [-0.2, -0.15) is 0 Å². The number of nitrogens with zero attached hydrogens (tertiary/aromatic N) is 2. The smallest absolute Gasteiger partial charge is 0.258 e. The highest BCUT2D eigenvalue weighted by Gasteiger charge is 2.34. The summed E-state index contributed by atoms with van der Waals surface area (Å²) in [4.78, 5) is 28.1. The van der Waals surface area contributed by atoms with Crippen molar-refractivity contribution in [3.8, 4) is 11.5 Å². The van der Waals surface area contributed by atoms with Gasteiger partial charge in [-0.25, -0.2) is 0 Å². The van der Waals surface area contributed by atoms with Crippen LogP contribution in [0.15, 0.2) is 18.2 Å². The van der Waals surface area contributed by atoms with Crippen molar-refractivity contribution in [2.75, 3.05) is 40.4 Å². The lowest BCUT2D eigenvalue weighted by molar-refractivity contribution is -0.137. The highest BCUT2D eigenvalue weighted by molar-refractivity contribution is 6.00. The molecular weight excluding hydrogens is 298 g/mol. The first kappa shape index (κ1) is 17.1. The molecule has 23 heavy (non-hydrogen) atoms. The zero-order valence-corrected chi connectivity index (χ0v) is 13.7. The van der Waals surface area contributed by atoms with E-state index in [-0.39, 0.29) is 11.8 Å². The monoisotopic (exact) mass is 321 g/mol. The van der Waals surface area contributed by atoms with Gasteiger partial charge in [-0.05, 0) is 19.1 Å². The third-order valence-electron chi connectivity index (χ3n) is 3.93. The summed E-state index contributed by atoms with van der Waals surface area (Å²) in [6, 6.07) is 4.52. The van der Waals surface area contributed by atoms with E-state index in [1.165, 1.54) is 0 Å². The van der Waals surface area contributed by atoms with Gasteiger partial charge in [-0.3, -0.25) is 9.59 Å². The Bertz CT molecular complexity index is 591. The Labute approximate surface area is 135 Å². The highest BCUT2D eigenvalue weighted by Crippen LogP contribution is 2.27. The number of hydrogen-bond donors (Lipinski definition) is 1. The molecule has 1 saturated heterocycles. The summed E-state index contributed by atoms with van der Waals surface area (Å²) in [5.41, 5.74) is 5.88. The second-order valence-corrected chi connectivity index (χ2v) is 5.43. The minimum absolute atomic E-state index is 0.0671. The predicted octanol–water partition coefficient (Wildman–Crippen LogP) is 0.335. The maximum Gasteiger partial charge on any atom is 0.258 e. The van der Waals surface area contributed by atoms with E-state index in [9.17, 15) is 9.59 Å². The van der Waals surface area contributed by atoms with Crippen LogP contribution < -0.4 is 15.2 Å². The first-order valence-electron chi connectivity index (χ1n) is 7.56. The van der Waals surface area contributed by atoms with Crippen LogP contribution in [0.1, 0.15) is 17.3 Å². The van der Waals surface area contributed by atoms with Crippen molar-refractivity contribution < 1.29 is 19.1 Å². The molecule has 1 aromatic carbocycles. The molecule has 0 bridgehead atoms. The number of likely N-dealkylation sites (N-methyl/N-ethyl adjacent to an activating group) is 1. The van der Waals surface area contributed by atoms with Crippen LogP contribution in [-0.4, -0.2) is 68.1 Å². The Morgan fingerprint density at radius 2 is 2.13 bits per heavy atom. The van der Waals surface area contributed by atoms with Crippen LogP contribution in [0, 0.1) is 0 Å². The Morgan fingerprint density at radius 3 is 2.78 bits per heavy atom. The number of nitrogens with two attached hydrogens (primary N) is 1. The van der Waals surface area contributed by atoms with E-state index in [0.717, 1.165) is 0 Å². The topological polar surface area (TPSA) is 85.1 Å². The molecule has 7 nitrogen and oxygen atoms in total. The van der Waals surface area contributed by atoms with E-state index in [1.54, 1.807) is 49.1 Å². The minimum atomic E-state index is -0.495. The standard InChI is InChI=1S/C16H23N3O4/c1-11-15(20)18(2)7-8-19(11)16(21)13-5-4-12(22-3)10-14(13)23-9-6-17/h4-5,10-11H,6-9,17H2,1-3H3/t11-/m0/s1. The number of benzene rings is 1. The summed E-state index contributed by atoms with van der Waals surface area (Å²) >= 11 is 0. The van der Waals surface area contributed by atoms with Gasteiger partial charge in [0, 0.05) is 32.7 Å². The molecular formula is C16H23N3O4. The van der Waals surface area contributed by atoms with Crippen LogP contribution in [-0.2, 0) is 4.79 Å². The van der Waals surface area contributed by atoms with E-state index < -0.39 is 6.04 Å². The number of hydrogen-bond acceptors (Lipinski definition) is 5. The van der Waals surface area contributed by atoms with Gasteiger partial charge in [0.15, 0.2) is 0 Å². The number of ether oxygens (including phenoxy) is 2. The second-order valence-electron chi connectivity index (χ2n) is 5.43. The van der Waals surface area contributed by atoms with Crippen molar-refractivity contribution in [2.24, 2.45) is 5.73 Å². The number of carbonyl (C=O) groups is 2. The molecule has 0 radical (unpaired) electrons. The Kier molecular flexibility index (Phi) is 5.44. The second kappa shape index (κ2) is 7.32. The molecule has 1 aliphatic heterocycles. The fourth-order valence-electron chi connectivity index (χ4n) is 2.54. The Morgan fingerprint density at radius 1 is 1.39 bits per heavy atom. The number of carbonyl (C=O) groups excluding carboxylic acids is 2. The molecule has 0 aliphatic carbocycles. The van der Waals surface area contributed by atoms with Crippen molar-refractivity contribution in [3.05, 3.63) is 23.8 Å². The quantitative estimate of drug-likeness (QED) is 0.845. The maximum atomic E-state index is 12.8. The molecule has 126 valence electrons. The zero-order valence-electron chi connectivity index (χ0n) is 13.7. The number of amides is 2. The van der Waals surface area contributed by atoms with Crippen LogP contribution in [0.4, 0.5) is 0 Å². The fourth-order valence-corrected chi connectivity index (χ4v) is 2.54. The molecule has 1 aliphatic rings. The number of piperazine rings is 1. The maximum absolute atomic E-state index is 12.8. The third kappa shape index (κ3) is 3.56. The fraction of sp³-hybridized carbons (Fsp3) is 0.500. The van der Waals surface area contributed by atoms with Crippen molar-refractivity contribution in [1.82, 2.24) is 9.80 Å². The van der Waals surface area contributed by atoms with Crippen LogP contribution in [0.2, 0.25) is 0 Å². The van der Waals surface area contributed by atoms with Crippen LogP contribution >= 0.6 is 0 Å².